The van der Waals surface area contributed by atoms with E-state index in [1.54, 1.807) is 12.7 Å². The van der Waals surface area contributed by atoms with Crippen LogP contribution in [0.15, 0.2) is 12.7 Å². The van der Waals surface area contributed by atoms with E-state index in [4.69, 9.17) is 4.74 Å². The van der Waals surface area contributed by atoms with Crippen molar-refractivity contribution in [3.05, 3.63) is 12.7 Å². The molecule has 0 aliphatic carbocycles. The fourth-order valence-corrected chi connectivity index (χ4v) is 3.48. The number of aryl methyl sites for hydroxylation is 1. The molecule has 118 valence electrons. The molecule has 2 aromatic rings. The van der Waals surface area contributed by atoms with E-state index in [1.165, 1.54) is 0 Å². The van der Waals surface area contributed by atoms with Gasteiger partial charge in [-0.2, -0.15) is 0 Å². The van der Waals surface area contributed by atoms with Crippen LogP contribution in [-0.2, 0) is 11.8 Å². The van der Waals surface area contributed by atoms with Gasteiger partial charge >= 0.3 is 0 Å². The minimum absolute atomic E-state index is 0.0833. The number of ether oxygens (including phenoxy) is 1. The fraction of sp³-hybridized carbons (Fsp3) is 0.643. The van der Waals surface area contributed by atoms with Gasteiger partial charge in [-0.15, -0.1) is 0 Å². The summed E-state index contributed by atoms with van der Waals surface area (Å²) in [6, 6.07) is 0. The molecule has 1 N–H and O–H groups in total. The van der Waals surface area contributed by atoms with E-state index in [-0.39, 0.29) is 12.1 Å². The average Bonchev–Trinajstić information content (AvgIpc) is 2.96. The second kappa shape index (κ2) is 5.15. The average molecular weight is 304 g/mol. The summed E-state index contributed by atoms with van der Waals surface area (Å²) < 4.78 is 7.52. The SMILES string of the molecule is Cn1cnc2c(N3CCN4CCOCC4(CO)C3)ncnc21. The van der Waals surface area contributed by atoms with Gasteiger partial charge in [0.25, 0.3) is 0 Å². The summed E-state index contributed by atoms with van der Waals surface area (Å²) in [5.74, 6) is 0.837. The largest absolute Gasteiger partial charge is 0.394 e. The van der Waals surface area contributed by atoms with Crippen LogP contribution < -0.4 is 4.90 Å². The predicted octanol–water partition coefficient (Wildman–Crippen LogP) is -0.753. The van der Waals surface area contributed by atoms with Gasteiger partial charge in [0.2, 0.25) is 0 Å². The minimum Gasteiger partial charge on any atom is -0.394 e. The fourth-order valence-electron chi connectivity index (χ4n) is 3.48. The lowest BCUT2D eigenvalue weighted by Gasteiger charge is -2.52. The Hall–Kier alpha value is -1.77. The first-order valence-corrected chi connectivity index (χ1v) is 7.54. The number of rotatable bonds is 2. The molecule has 22 heavy (non-hydrogen) atoms. The molecule has 1 atom stereocenters. The van der Waals surface area contributed by atoms with Crippen molar-refractivity contribution < 1.29 is 9.84 Å². The topological polar surface area (TPSA) is 79.5 Å². The number of hydrogen-bond acceptors (Lipinski definition) is 7. The maximum absolute atomic E-state index is 9.96. The highest BCUT2D eigenvalue weighted by molar-refractivity contribution is 5.83. The van der Waals surface area contributed by atoms with Crippen molar-refractivity contribution in [3.63, 3.8) is 0 Å². The van der Waals surface area contributed by atoms with Gasteiger partial charge in [0.1, 0.15) is 6.33 Å². The van der Waals surface area contributed by atoms with Gasteiger partial charge in [0.05, 0.1) is 31.7 Å². The first-order chi connectivity index (χ1) is 10.7. The van der Waals surface area contributed by atoms with Crippen molar-refractivity contribution >= 4 is 17.0 Å². The zero-order chi connectivity index (χ0) is 15.2. The number of hydrogen-bond donors (Lipinski definition) is 1. The molecule has 2 fully saturated rings. The van der Waals surface area contributed by atoms with Crippen LogP contribution >= 0.6 is 0 Å². The third kappa shape index (κ3) is 1.98. The molecule has 8 nitrogen and oxygen atoms in total. The lowest BCUT2D eigenvalue weighted by Crippen LogP contribution is -2.69. The summed E-state index contributed by atoms with van der Waals surface area (Å²) in [5, 5.41) is 9.96. The van der Waals surface area contributed by atoms with Crippen LogP contribution in [0.5, 0.6) is 0 Å². The second-order valence-electron chi connectivity index (χ2n) is 6.07. The molecule has 0 saturated carbocycles. The molecule has 4 rings (SSSR count). The van der Waals surface area contributed by atoms with Crippen LogP contribution in [0.4, 0.5) is 5.82 Å². The van der Waals surface area contributed by atoms with E-state index in [0.29, 0.717) is 13.2 Å². The zero-order valence-corrected chi connectivity index (χ0v) is 12.6. The molecule has 2 saturated heterocycles. The number of nitrogens with zero attached hydrogens (tertiary/aromatic N) is 6. The Morgan fingerprint density at radius 3 is 3.05 bits per heavy atom. The Kier molecular flexibility index (Phi) is 3.24. The van der Waals surface area contributed by atoms with E-state index < -0.39 is 0 Å². The predicted molar refractivity (Wildman–Crippen MR) is 80.7 cm³/mol. The van der Waals surface area contributed by atoms with Gasteiger partial charge in [-0.1, -0.05) is 0 Å². The van der Waals surface area contributed by atoms with Crippen LogP contribution in [0.1, 0.15) is 0 Å². The highest BCUT2D eigenvalue weighted by Gasteiger charge is 2.44. The highest BCUT2D eigenvalue weighted by atomic mass is 16.5. The Bertz CT molecular complexity index is 689. The molecule has 1 unspecified atom stereocenters. The second-order valence-corrected chi connectivity index (χ2v) is 6.07. The minimum atomic E-state index is -0.345. The summed E-state index contributed by atoms with van der Waals surface area (Å²) in [6.45, 7) is 4.69. The van der Waals surface area contributed by atoms with Crippen LogP contribution in [0.2, 0.25) is 0 Å². The van der Waals surface area contributed by atoms with Crippen LogP contribution in [0, 0.1) is 0 Å². The number of anilines is 1. The van der Waals surface area contributed by atoms with Crippen LogP contribution in [0.25, 0.3) is 11.2 Å². The molecule has 0 radical (unpaired) electrons. The first-order valence-electron chi connectivity index (χ1n) is 7.54. The summed E-state index contributed by atoms with van der Waals surface area (Å²) in [5.41, 5.74) is 1.29. The monoisotopic (exact) mass is 304 g/mol. The molecule has 0 spiro atoms. The number of aliphatic hydroxyl groups is 1. The summed E-state index contributed by atoms with van der Waals surface area (Å²) in [4.78, 5) is 17.7. The summed E-state index contributed by atoms with van der Waals surface area (Å²) in [7, 11) is 1.92. The van der Waals surface area contributed by atoms with Crippen molar-refractivity contribution in [2.45, 2.75) is 5.54 Å². The molecule has 0 amide bonds. The standard InChI is InChI=1S/C14H20N6O2/c1-18-10-17-11-12(18)15-9-16-13(11)19-2-3-20-4-5-22-8-14(20,6-19)7-21/h9-10,21H,2-8H2,1H3. The number of piperazine rings is 1. The Labute approximate surface area is 128 Å². The lowest BCUT2D eigenvalue weighted by molar-refractivity contribution is -0.0951. The van der Waals surface area contributed by atoms with E-state index in [9.17, 15) is 5.11 Å². The van der Waals surface area contributed by atoms with Crippen molar-refractivity contribution in [1.82, 2.24) is 24.4 Å². The van der Waals surface area contributed by atoms with E-state index in [1.807, 2.05) is 11.6 Å². The smallest absolute Gasteiger partial charge is 0.165 e. The van der Waals surface area contributed by atoms with E-state index >= 15 is 0 Å². The Balaban J connectivity index is 1.70. The molecule has 2 aromatic heterocycles. The molecule has 8 heteroatoms. The molecular weight excluding hydrogens is 284 g/mol. The summed E-state index contributed by atoms with van der Waals surface area (Å²) in [6.07, 6.45) is 3.33. The van der Waals surface area contributed by atoms with Crippen molar-refractivity contribution in [2.24, 2.45) is 7.05 Å². The van der Waals surface area contributed by atoms with Crippen molar-refractivity contribution in [3.8, 4) is 0 Å². The van der Waals surface area contributed by atoms with Gasteiger partial charge in [-0.3, -0.25) is 4.90 Å². The third-order valence-electron chi connectivity index (χ3n) is 4.74. The van der Waals surface area contributed by atoms with Gasteiger partial charge in [-0.25, -0.2) is 15.0 Å². The summed E-state index contributed by atoms with van der Waals surface area (Å²) >= 11 is 0. The maximum Gasteiger partial charge on any atom is 0.165 e. The van der Waals surface area contributed by atoms with E-state index in [0.717, 1.165) is 43.2 Å². The first kappa shape index (κ1) is 13.9. The number of morpholine rings is 1. The normalized spacial score (nSPS) is 26.4. The maximum atomic E-state index is 9.96. The third-order valence-corrected chi connectivity index (χ3v) is 4.74. The molecule has 0 aromatic carbocycles. The quantitative estimate of drug-likeness (QED) is 0.781. The van der Waals surface area contributed by atoms with Gasteiger partial charge in [0, 0.05) is 33.2 Å². The Morgan fingerprint density at radius 1 is 1.27 bits per heavy atom. The number of aromatic nitrogens is 4. The Morgan fingerprint density at radius 2 is 2.18 bits per heavy atom. The molecular formula is C14H20N6O2. The zero-order valence-electron chi connectivity index (χ0n) is 12.6. The van der Waals surface area contributed by atoms with Gasteiger partial charge < -0.3 is 19.3 Å². The van der Waals surface area contributed by atoms with Gasteiger partial charge in [-0.05, 0) is 0 Å². The number of fused-ring (bicyclic) bond motifs is 2. The number of imidazole rings is 1. The van der Waals surface area contributed by atoms with Gasteiger partial charge in [0.15, 0.2) is 17.0 Å². The molecule has 2 aliphatic rings. The van der Waals surface area contributed by atoms with E-state index in [2.05, 4.69) is 24.8 Å². The molecule has 0 bridgehead atoms. The molecule has 2 aliphatic heterocycles. The molecule has 4 heterocycles. The van der Waals surface area contributed by atoms with Crippen molar-refractivity contribution in [1.29, 1.82) is 0 Å². The number of aliphatic hydroxyl groups excluding tert-OH is 1. The van der Waals surface area contributed by atoms with Crippen LogP contribution in [-0.4, -0.2) is 81.1 Å². The lowest BCUT2D eigenvalue weighted by atomic mass is 9.94. The van der Waals surface area contributed by atoms with Crippen LogP contribution in [0.3, 0.4) is 0 Å². The van der Waals surface area contributed by atoms with Crippen molar-refractivity contribution in [2.75, 3.05) is 50.9 Å². The highest BCUT2D eigenvalue weighted by Crippen LogP contribution is 2.29.